The molecule has 0 aromatic rings. The van der Waals surface area contributed by atoms with Gasteiger partial charge < -0.3 is 10.4 Å². The highest BCUT2D eigenvalue weighted by Gasteiger charge is 1.96. The molecular weight excluding hydrogens is 202 g/mol. The minimum absolute atomic E-state index is 0.251. The Balaban J connectivity index is 2.99. The quantitative estimate of drug-likeness (QED) is 0.560. The van der Waals surface area contributed by atoms with Crippen LogP contribution in [-0.2, 0) is 15.6 Å². The normalized spacial score (nSPS) is 12.6. The van der Waals surface area contributed by atoms with E-state index in [9.17, 15) is 9.00 Å². The second kappa shape index (κ2) is 9.15. The predicted octanol–water partition coefficient (Wildman–Crippen LogP) is 0.599. The minimum Gasteiger partial charge on any atom is -0.481 e. The van der Waals surface area contributed by atoms with Gasteiger partial charge in [0.2, 0.25) is 0 Å². The average molecular weight is 221 g/mol. The van der Waals surface area contributed by atoms with E-state index in [1.165, 1.54) is 0 Å². The molecule has 2 N–H and O–H groups in total. The third-order valence-electron chi connectivity index (χ3n) is 1.78. The maximum Gasteiger partial charge on any atom is 0.303 e. The first-order valence-electron chi connectivity index (χ1n) is 4.85. The van der Waals surface area contributed by atoms with Gasteiger partial charge >= 0.3 is 5.97 Å². The molecule has 0 aliphatic carbocycles. The fraction of sp³-hybridized carbons (Fsp3) is 0.889. The molecule has 0 saturated carbocycles. The van der Waals surface area contributed by atoms with Crippen molar-refractivity contribution in [3.05, 3.63) is 0 Å². The molecule has 0 amide bonds. The van der Waals surface area contributed by atoms with Crippen molar-refractivity contribution >= 4 is 16.8 Å². The number of hydrogen-bond donors (Lipinski definition) is 2. The lowest BCUT2D eigenvalue weighted by Gasteiger charge is -2.02. The standard InChI is InChI=1S/C9H19NO3S/c1-14(13)8-4-7-10-6-3-2-5-9(11)12/h10H,2-8H2,1H3,(H,11,12). The van der Waals surface area contributed by atoms with Crippen LogP contribution in [0.3, 0.4) is 0 Å². The molecule has 0 aromatic heterocycles. The van der Waals surface area contributed by atoms with E-state index >= 15 is 0 Å². The van der Waals surface area contributed by atoms with Gasteiger partial charge in [-0.2, -0.15) is 0 Å². The number of hydrogen-bond acceptors (Lipinski definition) is 3. The second-order valence-corrected chi connectivity index (χ2v) is 4.79. The zero-order chi connectivity index (χ0) is 10.8. The number of carboxylic acid groups (broad SMARTS) is 1. The lowest BCUT2D eigenvalue weighted by atomic mass is 10.2. The van der Waals surface area contributed by atoms with Crippen LogP contribution in [0.5, 0.6) is 0 Å². The van der Waals surface area contributed by atoms with E-state index in [-0.39, 0.29) is 6.42 Å². The van der Waals surface area contributed by atoms with Crippen LogP contribution in [0.1, 0.15) is 25.7 Å². The third kappa shape index (κ3) is 11.6. The van der Waals surface area contributed by atoms with Gasteiger partial charge in [-0.1, -0.05) is 0 Å². The summed E-state index contributed by atoms with van der Waals surface area (Å²) >= 11 is 0. The van der Waals surface area contributed by atoms with Crippen molar-refractivity contribution in [2.45, 2.75) is 25.7 Å². The molecule has 1 unspecified atom stereocenters. The molecule has 5 heteroatoms. The average Bonchev–Trinajstić information content (AvgIpc) is 2.08. The van der Waals surface area contributed by atoms with Gasteiger partial charge in [0.25, 0.3) is 0 Å². The molecule has 4 nitrogen and oxygen atoms in total. The van der Waals surface area contributed by atoms with Crippen molar-refractivity contribution in [3.8, 4) is 0 Å². The lowest BCUT2D eigenvalue weighted by molar-refractivity contribution is -0.137. The summed E-state index contributed by atoms with van der Waals surface area (Å²) in [5.41, 5.74) is 0. The molecule has 0 heterocycles. The molecule has 1 atom stereocenters. The highest BCUT2D eigenvalue weighted by Crippen LogP contribution is 1.93. The van der Waals surface area contributed by atoms with Crippen LogP contribution in [0.15, 0.2) is 0 Å². The van der Waals surface area contributed by atoms with E-state index in [0.717, 1.165) is 38.1 Å². The van der Waals surface area contributed by atoms with E-state index in [4.69, 9.17) is 5.11 Å². The van der Waals surface area contributed by atoms with Crippen LogP contribution in [0.25, 0.3) is 0 Å². The number of rotatable bonds is 9. The smallest absolute Gasteiger partial charge is 0.303 e. The molecule has 0 aliphatic heterocycles. The number of nitrogens with one attached hydrogen (secondary N) is 1. The Morgan fingerprint density at radius 1 is 1.29 bits per heavy atom. The van der Waals surface area contributed by atoms with Crippen LogP contribution in [0.2, 0.25) is 0 Å². The highest BCUT2D eigenvalue weighted by molar-refractivity contribution is 7.84. The Labute approximate surface area is 87.5 Å². The number of carboxylic acids is 1. The Bertz CT molecular complexity index is 165. The van der Waals surface area contributed by atoms with Crippen molar-refractivity contribution in [3.63, 3.8) is 0 Å². The van der Waals surface area contributed by atoms with Crippen molar-refractivity contribution in [1.29, 1.82) is 0 Å². The van der Waals surface area contributed by atoms with Gasteiger partial charge in [0.1, 0.15) is 0 Å². The van der Waals surface area contributed by atoms with Crippen LogP contribution in [-0.4, -0.2) is 40.4 Å². The SMILES string of the molecule is CS(=O)CCCNCCCCC(=O)O. The maximum absolute atomic E-state index is 10.7. The summed E-state index contributed by atoms with van der Waals surface area (Å²) in [6, 6.07) is 0. The van der Waals surface area contributed by atoms with Crippen molar-refractivity contribution in [1.82, 2.24) is 5.32 Å². The molecule has 14 heavy (non-hydrogen) atoms. The summed E-state index contributed by atoms with van der Waals surface area (Å²) in [7, 11) is -0.698. The fourth-order valence-electron chi connectivity index (χ4n) is 1.05. The molecule has 84 valence electrons. The first-order valence-corrected chi connectivity index (χ1v) is 6.58. The van der Waals surface area contributed by atoms with Gasteiger partial charge in [0.05, 0.1) is 0 Å². The number of carbonyl (C=O) groups is 1. The Hall–Kier alpha value is -0.420. The first kappa shape index (κ1) is 13.6. The topological polar surface area (TPSA) is 66.4 Å². The Kier molecular flexibility index (Phi) is 8.87. The van der Waals surface area contributed by atoms with Crippen molar-refractivity contribution in [2.75, 3.05) is 25.1 Å². The van der Waals surface area contributed by atoms with Gasteiger partial charge in [-0.25, -0.2) is 0 Å². The molecule has 0 rings (SSSR count). The molecule has 0 spiro atoms. The predicted molar refractivity (Wildman–Crippen MR) is 57.9 cm³/mol. The Morgan fingerprint density at radius 2 is 1.93 bits per heavy atom. The Morgan fingerprint density at radius 3 is 2.50 bits per heavy atom. The second-order valence-electron chi connectivity index (χ2n) is 3.23. The fourth-order valence-corrected chi connectivity index (χ4v) is 1.60. The maximum atomic E-state index is 10.7. The zero-order valence-electron chi connectivity index (χ0n) is 8.62. The number of unbranched alkanes of at least 4 members (excludes halogenated alkanes) is 1. The summed E-state index contributed by atoms with van der Waals surface area (Å²) in [5.74, 6) is 0.00802. The molecular formula is C9H19NO3S. The van der Waals surface area contributed by atoms with Crippen LogP contribution in [0, 0.1) is 0 Å². The van der Waals surface area contributed by atoms with Crippen LogP contribution in [0.4, 0.5) is 0 Å². The van der Waals surface area contributed by atoms with Gasteiger partial charge in [0.15, 0.2) is 0 Å². The molecule has 0 aliphatic rings. The summed E-state index contributed by atoms with van der Waals surface area (Å²) in [4.78, 5) is 10.2. The van der Waals surface area contributed by atoms with Gasteiger partial charge in [-0.3, -0.25) is 9.00 Å². The van der Waals surface area contributed by atoms with Gasteiger partial charge in [-0.15, -0.1) is 0 Å². The summed E-state index contributed by atoms with van der Waals surface area (Å²) < 4.78 is 10.7. The summed E-state index contributed by atoms with van der Waals surface area (Å²) in [6.07, 6.45) is 4.49. The molecule has 0 saturated heterocycles. The van der Waals surface area contributed by atoms with Crippen molar-refractivity contribution in [2.24, 2.45) is 0 Å². The highest BCUT2D eigenvalue weighted by atomic mass is 32.2. The molecule has 0 bridgehead atoms. The monoisotopic (exact) mass is 221 g/mol. The summed E-state index contributed by atoms with van der Waals surface area (Å²) in [6.45, 7) is 1.72. The van der Waals surface area contributed by atoms with Crippen LogP contribution < -0.4 is 5.32 Å². The van der Waals surface area contributed by atoms with E-state index in [0.29, 0.717) is 0 Å². The van der Waals surface area contributed by atoms with Crippen molar-refractivity contribution < 1.29 is 14.1 Å². The summed E-state index contributed by atoms with van der Waals surface area (Å²) in [5, 5.41) is 11.5. The lowest BCUT2D eigenvalue weighted by Crippen LogP contribution is -2.18. The zero-order valence-corrected chi connectivity index (χ0v) is 9.44. The van der Waals surface area contributed by atoms with E-state index in [1.54, 1.807) is 6.26 Å². The van der Waals surface area contributed by atoms with Gasteiger partial charge in [0, 0.05) is 29.2 Å². The molecule has 0 aromatic carbocycles. The first-order chi connectivity index (χ1) is 6.63. The van der Waals surface area contributed by atoms with Gasteiger partial charge in [-0.05, 0) is 32.4 Å². The van der Waals surface area contributed by atoms with E-state index in [1.807, 2.05) is 0 Å². The third-order valence-corrected chi connectivity index (χ3v) is 2.64. The van der Waals surface area contributed by atoms with Crippen LogP contribution >= 0.6 is 0 Å². The largest absolute Gasteiger partial charge is 0.481 e. The van der Waals surface area contributed by atoms with E-state index in [2.05, 4.69) is 5.32 Å². The molecule has 0 radical (unpaired) electrons. The number of aliphatic carboxylic acids is 1. The minimum atomic E-state index is -0.730. The van der Waals surface area contributed by atoms with E-state index < -0.39 is 16.8 Å². The molecule has 0 fully saturated rings.